The number of hydrogen-bond acceptors (Lipinski definition) is 7. The van der Waals surface area contributed by atoms with Crippen LogP contribution in [0, 0.1) is 0 Å². The summed E-state index contributed by atoms with van der Waals surface area (Å²) in [5.74, 6) is -2.00. The van der Waals surface area contributed by atoms with E-state index in [0.29, 0.717) is 19.8 Å². The van der Waals surface area contributed by atoms with Crippen molar-refractivity contribution < 1.29 is 38.7 Å². The molecule has 0 heterocycles. The zero-order valence-corrected chi connectivity index (χ0v) is 14.4. The second-order valence-electron chi connectivity index (χ2n) is 4.49. The fraction of sp³-hybridized carbons (Fsp3) is 0.500. The summed E-state index contributed by atoms with van der Waals surface area (Å²) in [4.78, 5) is 18.2. The van der Waals surface area contributed by atoms with Crippen molar-refractivity contribution in [3.63, 3.8) is 0 Å². The molecular formula is C16H25NO8. The number of methoxy groups -OCH3 is 2. The summed E-state index contributed by atoms with van der Waals surface area (Å²) >= 11 is 0. The van der Waals surface area contributed by atoms with Crippen LogP contribution in [0.2, 0.25) is 0 Å². The van der Waals surface area contributed by atoms with E-state index >= 15 is 0 Å². The highest BCUT2D eigenvalue weighted by molar-refractivity contribution is 6.27. The normalized spacial score (nSPS) is 9.68. The van der Waals surface area contributed by atoms with Gasteiger partial charge in [0.25, 0.3) is 0 Å². The highest BCUT2D eigenvalue weighted by Crippen LogP contribution is 2.16. The maximum Gasteiger partial charge on any atom is 0.414 e. The quantitative estimate of drug-likeness (QED) is 0.382. The molecule has 0 saturated carbocycles. The minimum absolute atomic E-state index is 0.546. The van der Waals surface area contributed by atoms with Crippen molar-refractivity contribution in [2.75, 3.05) is 53.7 Å². The molecule has 0 spiro atoms. The Hall–Kier alpha value is -2.36. The average molecular weight is 359 g/mol. The van der Waals surface area contributed by atoms with E-state index in [1.54, 1.807) is 14.2 Å². The molecule has 9 heteroatoms. The van der Waals surface area contributed by atoms with Crippen LogP contribution in [0.1, 0.15) is 0 Å². The molecule has 9 nitrogen and oxygen atoms in total. The first kappa shape index (κ1) is 22.6. The lowest BCUT2D eigenvalue weighted by Crippen LogP contribution is -2.24. The first-order valence-corrected chi connectivity index (χ1v) is 7.51. The van der Waals surface area contributed by atoms with Crippen molar-refractivity contribution in [2.45, 2.75) is 0 Å². The molecule has 1 aromatic carbocycles. The Balaban J connectivity index is 0.000000823. The number of carbonyl (C=O) groups is 2. The van der Waals surface area contributed by atoms with Crippen LogP contribution < -0.4 is 14.8 Å². The van der Waals surface area contributed by atoms with Crippen molar-refractivity contribution in [2.24, 2.45) is 0 Å². The van der Waals surface area contributed by atoms with Gasteiger partial charge >= 0.3 is 11.9 Å². The van der Waals surface area contributed by atoms with E-state index in [1.165, 1.54) is 0 Å². The molecule has 1 rings (SSSR count). The largest absolute Gasteiger partial charge is 0.497 e. The molecule has 0 amide bonds. The smallest absolute Gasteiger partial charge is 0.414 e. The van der Waals surface area contributed by atoms with Crippen molar-refractivity contribution >= 4 is 11.9 Å². The van der Waals surface area contributed by atoms with Crippen LogP contribution in [0.4, 0.5) is 0 Å². The van der Waals surface area contributed by atoms with Crippen LogP contribution >= 0.6 is 0 Å². The second kappa shape index (κ2) is 15.2. The molecule has 0 aromatic heterocycles. The van der Waals surface area contributed by atoms with Crippen molar-refractivity contribution in [3.8, 4) is 11.5 Å². The number of nitrogens with one attached hydrogen (secondary N) is 1. The van der Waals surface area contributed by atoms with Gasteiger partial charge in [-0.2, -0.15) is 0 Å². The van der Waals surface area contributed by atoms with Crippen LogP contribution in [-0.4, -0.2) is 75.9 Å². The molecule has 0 fully saturated rings. The zero-order chi connectivity index (χ0) is 18.9. The number of ether oxygens (including phenoxy) is 4. The van der Waals surface area contributed by atoms with E-state index in [2.05, 4.69) is 5.32 Å². The Morgan fingerprint density at radius 2 is 1.44 bits per heavy atom. The minimum atomic E-state index is -1.82. The maximum atomic E-state index is 9.10. The van der Waals surface area contributed by atoms with Gasteiger partial charge in [0.15, 0.2) is 0 Å². The summed E-state index contributed by atoms with van der Waals surface area (Å²) in [5.41, 5.74) is 0. The van der Waals surface area contributed by atoms with Crippen molar-refractivity contribution in [1.29, 1.82) is 0 Å². The number of rotatable bonds is 11. The van der Waals surface area contributed by atoms with Crippen molar-refractivity contribution in [1.82, 2.24) is 5.32 Å². The van der Waals surface area contributed by atoms with Crippen molar-refractivity contribution in [3.05, 3.63) is 24.3 Å². The van der Waals surface area contributed by atoms with E-state index in [1.807, 2.05) is 24.3 Å². The average Bonchev–Trinajstić information content (AvgIpc) is 2.61. The molecule has 0 unspecified atom stereocenters. The first-order valence-electron chi connectivity index (χ1n) is 7.51. The zero-order valence-electron chi connectivity index (χ0n) is 14.4. The molecule has 0 bridgehead atoms. The van der Waals surface area contributed by atoms with E-state index < -0.39 is 11.9 Å². The van der Waals surface area contributed by atoms with E-state index in [0.717, 1.165) is 31.2 Å². The number of carboxylic acids is 2. The summed E-state index contributed by atoms with van der Waals surface area (Å²) in [6.07, 6.45) is 0. The lowest BCUT2D eigenvalue weighted by Gasteiger charge is -2.08. The third kappa shape index (κ3) is 13.7. The SMILES string of the molecule is COCCNCCOCCOc1ccc(OC)cc1.O=C(O)C(=O)O. The number of hydrogen-bond donors (Lipinski definition) is 3. The van der Waals surface area contributed by atoms with E-state index in [-0.39, 0.29) is 0 Å². The monoisotopic (exact) mass is 359 g/mol. The number of benzene rings is 1. The Bertz CT molecular complexity index is 466. The van der Waals surface area contributed by atoms with Gasteiger partial charge in [0.2, 0.25) is 0 Å². The standard InChI is InChI=1S/C14H23NO4.C2H2O4/c1-16-9-7-15-8-10-18-11-12-19-14-5-3-13(17-2)4-6-14;3-1(4)2(5)6/h3-6,15H,7-12H2,1-2H3;(H,3,4)(H,5,6). The molecule has 0 aliphatic rings. The summed E-state index contributed by atoms with van der Waals surface area (Å²) in [6, 6.07) is 7.50. The Morgan fingerprint density at radius 3 is 1.96 bits per heavy atom. The maximum absolute atomic E-state index is 9.10. The lowest BCUT2D eigenvalue weighted by atomic mass is 10.3. The molecule has 3 N–H and O–H groups in total. The summed E-state index contributed by atoms with van der Waals surface area (Å²) in [6.45, 7) is 4.20. The van der Waals surface area contributed by atoms with Crippen LogP contribution in [0.25, 0.3) is 0 Å². The molecule has 0 aliphatic heterocycles. The molecule has 142 valence electrons. The molecule has 25 heavy (non-hydrogen) atoms. The van der Waals surface area contributed by atoms with Gasteiger partial charge in [-0.05, 0) is 24.3 Å². The molecule has 0 saturated heterocycles. The van der Waals surface area contributed by atoms with Crippen LogP contribution in [0.15, 0.2) is 24.3 Å². The fourth-order valence-electron chi connectivity index (χ4n) is 1.44. The first-order chi connectivity index (χ1) is 12.0. The summed E-state index contributed by atoms with van der Waals surface area (Å²) in [5, 5.41) is 18.0. The topological polar surface area (TPSA) is 124 Å². The predicted octanol–water partition coefficient (Wildman–Crippen LogP) is 0.482. The van der Waals surface area contributed by atoms with Crippen LogP contribution in [0.5, 0.6) is 11.5 Å². The van der Waals surface area contributed by atoms with Gasteiger partial charge < -0.3 is 34.5 Å². The number of carboxylic acid groups (broad SMARTS) is 2. The molecule has 1 aromatic rings. The highest BCUT2D eigenvalue weighted by Gasteiger charge is 2.04. The van der Waals surface area contributed by atoms with Gasteiger partial charge in [-0.15, -0.1) is 0 Å². The van der Waals surface area contributed by atoms with Gasteiger partial charge in [0.05, 0.1) is 26.9 Å². The summed E-state index contributed by atoms with van der Waals surface area (Å²) in [7, 11) is 3.33. The Morgan fingerprint density at radius 1 is 0.880 bits per heavy atom. The predicted molar refractivity (Wildman–Crippen MR) is 89.3 cm³/mol. The lowest BCUT2D eigenvalue weighted by molar-refractivity contribution is -0.159. The number of aliphatic carboxylic acids is 2. The van der Waals surface area contributed by atoms with Gasteiger partial charge in [-0.25, -0.2) is 9.59 Å². The summed E-state index contributed by atoms with van der Waals surface area (Å²) < 4.78 is 20.9. The molecule has 0 aliphatic carbocycles. The van der Waals surface area contributed by atoms with Gasteiger partial charge in [0, 0.05) is 20.2 Å². The second-order valence-corrected chi connectivity index (χ2v) is 4.49. The van der Waals surface area contributed by atoms with Gasteiger partial charge in [-0.1, -0.05) is 0 Å². The Kier molecular flexibility index (Phi) is 13.8. The van der Waals surface area contributed by atoms with Crippen LogP contribution in [0.3, 0.4) is 0 Å². The van der Waals surface area contributed by atoms with E-state index in [9.17, 15) is 0 Å². The van der Waals surface area contributed by atoms with E-state index in [4.69, 9.17) is 38.7 Å². The van der Waals surface area contributed by atoms with Crippen LogP contribution in [-0.2, 0) is 19.1 Å². The highest BCUT2D eigenvalue weighted by atomic mass is 16.5. The Labute approximate surface area is 146 Å². The minimum Gasteiger partial charge on any atom is -0.497 e. The molecular weight excluding hydrogens is 334 g/mol. The molecule has 0 radical (unpaired) electrons. The van der Waals surface area contributed by atoms with Gasteiger partial charge in [0.1, 0.15) is 18.1 Å². The fourth-order valence-corrected chi connectivity index (χ4v) is 1.44. The third-order valence-corrected chi connectivity index (χ3v) is 2.64. The third-order valence-electron chi connectivity index (χ3n) is 2.64. The van der Waals surface area contributed by atoms with Gasteiger partial charge in [-0.3, -0.25) is 0 Å². The molecule has 0 atom stereocenters.